The van der Waals surface area contributed by atoms with Crippen LogP contribution in [0.3, 0.4) is 0 Å². The molecule has 0 aliphatic carbocycles. The van der Waals surface area contributed by atoms with E-state index in [1.54, 1.807) is 13.3 Å². The van der Waals surface area contributed by atoms with E-state index in [1.165, 1.54) is 0 Å². The van der Waals surface area contributed by atoms with E-state index < -0.39 is 0 Å². The predicted octanol–water partition coefficient (Wildman–Crippen LogP) is 3.44. The summed E-state index contributed by atoms with van der Waals surface area (Å²) in [6, 6.07) is 2.31. The molecule has 3 nitrogen and oxygen atoms in total. The Morgan fingerprint density at radius 2 is 2.27 bits per heavy atom. The molecule has 0 aromatic carbocycles. The molecule has 0 fully saturated rings. The number of pyridine rings is 1. The van der Waals surface area contributed by atoms with Gasteiger partial charge in [-0.05, 0) is 51.3 Å². The molecule has 15 heavy (non-hydrogen) atoms. The fraction of sp³-hybridized carbons (Fsp3) is 0.500. The van der Waals surface area contributed by atoms with Gasteiger partial charge in [0.25, 0.3) is 0 Å². The highest BCUT2D eigenvalue weighted by Gasteiger charge is 2.06. The fourth-order valence-corrected chi connectivity index (χ4v) is 2.22. The number of nitrogens with one attached hydrogen (secondary N) is 1. The van der Waals surface area contributed by atoms with Gasteiger partial charge in [0.15, 0.2) is 0 Å². The lowest BCUT2D eigenvalue weighted by Gasteiger charge is -2.14. The molecule has 1 unspecified atom stereocenters. The molecule has 1 aromatic rings. The molecule has 1 atom stereocenters. The van der Waals surface area contributed by atoms with Crippen molar-refractivity contribution in [1.29, 1.82) is 0 Å². The van der Waals surface area contributed by atoms with Crippen molar-refractivity contribution in [3.8, 4) is 0 Å². The SMILES string of the molecule is COCCC(C)Nc1ncc(Br)cc1Br. The average Bonchev–Trinajstić information content (AvgIpc) is 2.19. The van der Waals surface area contributed by atoms with Gasteiger partial charge in [-0.2, -0.15) is 0 Å². The Bertz CT molecular complexity index is 320. The van der Waals surface area contributed by atoms with Gasteiger partial charge < -0.3 is 10.1 Å². The van der Waals surface area contributed by atoms with E-state index >= 15 is 0 Å². The van der Waals surface area contributed by atoms with E-state index in [0.29, 0.717) is 6.04 Å². The zero-order valence-corrected chi connectivity index (χ0v) is 11.9. The van der Waals surface area contributed by atoms with Crippen LogP contribution in [0.2, 0.25) is 0 Å². The quantitative estimate of drug-likeness (QED) is 0.893. The Kier molecular flexibility index (Phi) is 5.56. The third-order valence-electron chi connectivity index (χ3n) is 1.95. The van der Waals surface area contributed by atoms with Crippen LogP contribution in [0, 0.1) is 0 Å². The van der Waals surface area contributed by atoms with Gasteiger partial charge in [-0.25, -0.2) is 4.98 Å². The smallest absolute Gasteiger partial charge is 0.140 e. The van der Waals surface area contributed by atoms with Gasteiger partial charge in [0, 0.05) is 30.4 Å². The highest BCUT2D eigenvalue weighted by molar-refractivity contribution is 9.11. The van der Waals surface area contributed by atoms with Crippen molar-refractivity contribution in [2.24, 2.45) is 0 Å². The second kappa shape index (κ2) is 6.45. The third-order valence-corrected chi connectivity index (χ3v) is 2.98. The number of aromatic nitrogens is 1. The van der Waals surface area contributed by atoms with E-state index in [0.717, 1.165) is 27.8 Å². The molecule has 5 heteroatoms. The van der Waals surface area contributed by atoms with Gasteiger partial charge in [0.1, 0.15) is 5.82 Å². The number of methoxy groups -OCH3 is 1. The van der Waals surface area contributed by atoms with Crippen molar-refractivity contribution in [3.05, 3.63) is 21.2 Å². The van der Waals surface area contributed by atoms with Crippen LogP contribution in [0.1, 0.15) is 13.3 Å². The van der Waals surface area contributed by atoms with Gasteiger partial charge in [-0.15, -0.1) is 0 Å². The van der Waals surface area contributed by atoms with Crippen molar-refractivity contribution in [2.45, 2.75) is 19.4 Å². The summed E-state index contributed by atoms with van der Waals surface area (Å²) >= 11 is 6.82. The summed E-state index contributed by atoms with van der Waals surface area (Å²) in [4.78, 5) is 4.28. The maximum atomic E-state index is 5.02. The second-order valence-corrected chi connectivity index (χ2v) is 5.08. The van der Waals surface area contributed by atoms with Crippen molar-refractivity contribution >= 4 is 37.7 Å². The minimum Gasteiger partial charge on any atom is -0.385 e. The Labute approximate surface area is 107 Å². The number of anilines is 1. The van der Waals surface area contributed by atoms with Gasteiger partial charge in [-0.1, -0.05) is 0 Å². The summed E-state index contributed by atoms with van der Waals surface area (Å²) in [6.45, 7) is 2.86. The first-order valence-electron chi connectivity index (χ1n) is 4.70. The largest absolute Gasteiger partial charge is 0.385 e. The van der Waals surface area contributed by atoms with Crippen molar-refractivity contribution in [3.63, 3.8) is 0 Å². The molecule has 0 bridgehead atoms. The Morgan fingerprint density at radius 1 is 1.53 bits per heavy atom. The van der Waals surface area contributed by atoms with E-state index in [1.807, 2.05) is 6.07 Å². The van der Waals surface area contributed by atoms with Gasteiger partial charge in [0.2, 0.25) is 0 Å². The number of hydrogen-bond donors (Lipinski definition) is 1. The van der Waals surface area contributed by atoms with Crippen LogP contribution >= 0.6 is 31.9 Å². The molecule has 0 saturated carbocycles. The molecule has 0 radical (unpaired) electrons. The van der Waals surface area contributed by atoms with Gasteiger partial charge in [-0.3, -0.25) is 0 Å². The zero-order valence-electron chi connectivity index (χ0n) is 8.76. The number of halogens is 2. The van der Waals surface area contributed by atoms with Crippen LogP contribution in [0.15, 0.2) is 21.2 Å². The lowest BCUT2D eigenvalue weighted by molar-refractivity contribution is 0.191. The van der Waals surface area contributed by atoms with Crippen molar-refractivity contribution in [2.75, 3.05) is 19.0 Å². The lowest BCUT2D eigenvalue weighted by atomic mass is 10.2. The first-order valence-corrected chi connectivity index (χ1v) is 6.28. The van der Waals surface area contributed by atoms with Crippen LogP contribution in [-0.4, -0.2) is 24.7 Å². The van der Waals surface area contributed by atoms with Crippen LogP contribution in [0.4, 0.5) is 5.82 Å². The summed E-state index contributed by atoms with van der Waals surface area (Å²) in [5.41, 5.74) is 0. The number of ether oxygens (including phenoxy) is 1. The maximum absolute atomic E-state index is 5.02. The number of hydrogen-bond acceptors (Lipinski definition) is 3. The standard InChI is InChI=1S/C10H14Br2N2O/c1-7(3-4-15-2)14-10-9(12)5-8(11)6-13-10/h5-7H,3-4H2,1-2H3,(H,13,14). The van der Waals surface area contributed by atoms with Crippen LogP contribution in [0.25, 0.3) is 0 Å². The molecule has 84 valence electrons. The Balaban J connectivity index is 2.56. The molecule has 1 rings (SSSR count). The van der Waals surface area contributed by atoms with E-state index in [-0.39, 0.29) is 0 Å². The van der Waals surface area contributed by atoms with Crippen LogP contribution in [-0.2, 0) is 4.74 Å². The normalized spacial score (nSPS) is 12.5. The van der Waals surface area contributed by atoms with Crippen molar-refractivity contribution in [1.82, 2.24) is 4.98 Å². The Morgan fingerprint density at radius 3 is 2.87 bits per heavy atom. The minimum absolute atomic E-state index is 0.343. The number of nitrogens with zero attached hydrogens (tertiary/aromatic N) is 1. The molecule has 0 spiro atoms. The zero-order chi connectivity index (χ0) is 11.3. The van der Waals surface area contributed by atoms with Crippen LogP contribution < -0.4 is 5.32 Å². The molecule has 0 amide bonds. The van der Waals surface area contributed by atoms with E-state index in [2.05, 4.69) is 49.1 Å². The van der Waals surface area contributed by atoms with Gasteiger partial charge >= 0.3 is 0 Å². The Hall–Kier alpha value is -0.130. The molecule has 0 aliphatic heterocycles. The highest BCUT2D eigenvalue weighted by atomic mass is 79.9. The summed E-state index contributed by atoms with van der Waals surface area (Å²) in [7, 11) is 1.71. The lowest BCUT2D eigenvalue weighted by Crippen LogP contribution is -2.18. The molecular weight excluding hydrogens is 324 g/mol. The van der Waals surface area contributed by atoms with Gasteiger partial charge in [0.05, 0.1) is 4.47 Å². The third kappa shape index (κ3) is 4.49. The summed E-state index contributed by atoms with van der Waals surface area (Å²) in [5, 5.41) is 3.31. The molecule has 1 N–H and O–H groups in total. The molecule has 0 saturated heterocycles. The molecular formula is C10H14Br2N2O. The monoisotopic (exact) mass is 336 g/mol. The van der Waals surface area contributed by atoms with E-state index in [9.17, 15) is 0 Å². The second-order valence-electron chi connectivity index (χ2n) is 3.31. The topological polar surface area (TPSA) is 34.1 Å². The van der Waals surface area contributed by atoms with Crippen molar-refractivity contribution < 1.29 is 4.74 Å². The first kappa shape index (κ1) is 12.9. The minimum atomic E-state index is 0.343. The molecule has 1 heterocycles. The molecule has 0 aliphatic rings. The number of rotatable bonds is 5. The summed E-state index contributed by atoms with van der Waals surface area (Å²) in [5.74, 6) is 0.863. The predicted molar refractivity (Wildman–Crippen MR) is 69.2 cm³/mol. The highest BCUT2D eigenvalue weighted by Crippen LogP contribution is 2.24. The van der Waals surface area contributed by atoms with E-state index in [4.69, 9.17) is 4.74 Å². The summed E-state index contributed by atoms with van der Waals surface area (Å²) < 4.78 is 6.94. The van der Waals surface area contributed by atoms with Crippen LogP contribution in [0.5, 0.6) is 0 Å². The average molecular weight is 338 g/mol. The fourth-order valence-electron chi connectivity index (χ4n) is 1.12. The molecule has 1 aromatic heterocycles. The summed E-state index contributed by atoms with van der Waals surface area (Å²) in [6.07, 6.45) is 2.73. The first-order chi connectivity index (χ1) is 7.13. The maximum Gasteiger partial charge on any atom is 0.140 e.